The van der Waals surface area contributed by atoms with Crippen molar-refractivity contribution in [2.45, 2.75) is 77.5 Å². The number of piperidine rings is 1. The van der Waals surface area contributed by atoms with Crippen molar-refractivity contribution < 1.29 is 45.0 Å². The van der Waals surface area contributed by atoms with Gasteiger partial charge in [0.1, 0.15) is 4.90 Å². The van der Waals surface area contributed by atoms with Crippen molar-refractivity contribution >= 4 is 71.9 Å². The SMILES string of the molecule is Cc1c(C(=O)N2CC(C)(O)C2)c(-c2cccc(N3CCN(c4ccc(NS(=O)(=O)c5ccc(N[C@H](CCN6CCC(C)(O)CC6)CSc6ccccc6)c(S(=O)(=O)C(F)(F)F)c5)cc4)CC3)c2)c(-c2ccc(Cl)cc2)n1C. The zero-order valence-electron chi connectivity index (χ0n) is 43.2. The second-order valence-corrected chi connectivity index (χ2v) is 25.9. The van der Waals surface area contributed by atoms with Crippen LogP contribution in [0.25, 0.3) is 22.4 Å². The van der Waals surface area contributed by atoms with Gasteiger partial charge in [-0.3, -0.25) is 9.52 Å². The molecule has 0 aliphatic carbocycles. The number of anilines is 4. The monoisotopic (exact) mass is 1130 g/mol. The van der Waals surface area contributed by atoms with E-state index in [1.165, 1.54) is 11.8 Å². The number of rotatable bonds is 17. The molecule has 410 valence electrons. The molecule has 3 aliphatic heterocycles. The van der Waals surface area contributed by atoms with Crippen molar-refractivity contribution in [2.24, 2.45) is 7.05 Å². The van der Waals surface area contributed by atoms with Gasteiger partial charge in [0.2, 0.25) is 0 Å². The van der Waals surface area contributed by atoms with Crippen LogP contribution < -0.4 is 19.8 Å². The number of halogens is 4. The third-order valence-corrected chi connectivity index (χ3v) is 19.1. The van der Waals surface area contributed by atoms with Crippen LogP contribution in [0.3, 0.4) is 0 Å². The molecule has 1 amide bonds. The van der Waals surface area contributed by atoms with Gasteiger partial charge in [0.15, 0.2) is 0 Å². The zero-order valence-corrected chi connectivity index (χ0v) is 46.4. The van der Waals surface area contributed by atoms with Crippen LogP contribution in [-0.4, -0.2) is 135 Å². The Morgan fingerprint density at radius 3 is 2.03 bits per heavy atom. The maximum atomic E-state index is 14.4. The van der Waals surface area contributed by atoms with Gasteiger partial charge < -0.3 is 39.7 Å². The molecular formula is C56H63ClF3N7O7S3. The molecule has 6 aromatic rings. The molecule has 1 atom stereocenters. The highest BCUT2D eigenvalue weighted by molar-refractivity contribution is 7.99. The average molecular weight is 1130 g/mol. The van der Waals surface area contributed by atoms with Crippen LogP contribution >= 0.6 is 23.4 Å². The van der Waals surface area contributed by atoms with E-state index in [4.69, 9.17) is 11.6 Å². The van der Waals surface area contributed by atoms with Crippen molar-refractivity contribution in [3.63, 3.8) is 0 Å². The second kappa shape index (κ2) is 22.2. The number of sulfone groups is 1. The Morgan fingerprint density at radius 2 is 1.40 bits per heavy atom. The van der Waals surface area contributed by atoms with Crippen LogP contribution in [0.1, 0.15) is 49.2 Å². The first kappa shape index (κ1) is 56.0. The summed E-state index contributed by atoms with van der Waals surface area (Å²) in [5.74, 6) is 0.211. The molecule has 0 spiro atoms. The predicted molar refractivity (Wildman–Crippen MR) is 299 cm³/mol. The third-order valence-electron chi connectivity index (χ3n) is 14.8. The summed E-state index contributed by atoms with van der Waals surface area (Å²) in [7, 11) is -8.70. The fourth-order valence-corrected chi connectivity index (χ4v) is 13.5. The number of nitrogens with zero attached hydrogens (tertiary/aromatic N) is 5. The number of alkyl halides is 3. The predicted octanol–water partition coefficient (Wildman–Crippen LogP) is 9.76. The van der Waals surface area contributed by atoms with E-state index >= 15 is 0 Å². The number of aromatic nitrogens is 1. The minimum Gasteiger partial charge on any atom is -0.390 e. The number of hydrogen-bond acceptors (Lipinski definition) is 12. The molecule has 9 rings (SSSR count). The average Bonchev–Trinajstić information content (AvgIpc) is 3.86. The molecule has 1 aromatic heterocycles. The minimum absolute atomic E-state index is 0.121. The summed E-state index contributed by atoms with van der Waals surface area (Å²) in [4.78, 5) is 21.5. The topological polar surface area (TPSA) is 168 Å². The number of thioether (sulfide) groups is 1. The van der Waals surface area contributed by atoms with E-state index in [-0.39, 0.29) is 30.4 Å². The minimum atomic E-state index is -6.04. The number of carbonyl (C=O) groups excluding carboxylic acids is 1. The van der Waals surface area contributed by atoms with Crippen LogP contribution in [-0.2, 0) is 26.9 Å². The molecule has 5 aromatic carbocycles. The Labute approximate surface area is 457 Å². The first-order valence-electron chi connectivity index (χ1n) is 25.4. The van der Waals surface area contributed by atoms with E-state index in [2.05, 4.69) is 30.8 Å². The van der Waals surface area contributed by atoms with Gasteiger partial charge in [0.25, 0.3) is 25.8 Å². The van der Waals surface area contributed by atoms with Crippen LogP contribution in [0.4, 0.5) is 35.9 Å². The lowest BCUT2D eigenvalue weighted by atomic mass is 9.92. The molecular weight excluding hydrogens is 1070 g/mol. The maximum absolute atomic E-state index is 14.4. The van der Waals surface area contributed by atoms with Crippen LogP contribution in [0.5, 0.6) is 0 Å². The Balaban J connectivity index is 0.893. The third kappa shape index (κ3) is 12.6. The van der Waals surface area contributed by atoms with Gasteiger partial charge in [-0.1, -0.05) is 54.1 Å². The molecule has 3 fully saturated rings. The second-order valence-electron chi connectivity index (χ2n) is 20.8. The van der Waals surface area contributed by atoms with Crippen molar-refractivity contribution in [1.82, 2.24) is 14.4 Å². The number of likely N-dealkylation sites (tertiary alicyclic amines) is 2. The number of amides is 1. The number of nitrogens with one attached hydrogen (secondary N) is 2. The number of sulfonamides is 1. The molecule has 4 heterocycles. The molecule has 0 saturated carbocycles. The van der Waals surface area contributed by atoms with Gasteiger partial charge in [-0.15, -0.1) is 11.8 Å². The summed E-state index contributed by atoms with van der Waals surface area (Å²) in [6.45, 7) is 10.2. The van der Waals surface area contributed by atoms with Gasteiger partial charge in [0.05, 0.1) is 46.1 Å². The largest absolute Gasteiger partial charge is 0.501 e. The molecule has 14 nitrogen and oxygen atoms in total. The van der Waals surface area contributed by atoms with Gasteiger partial charge in [-0.05, 0) is 130 Å². The standard InChI is InChI=1S/C56H63ClF3N7O7S3/c1-38-50(53(68)67-36-55(3,70)37-67)51(52(63(38)4)39-13-15-41(57)16-14-39)40-9-8-10-45(33-40)66-31-29-65(30-32-66)44-19-17-42(18-20-44)62-77(73,74)47-21-22-48(49(34-47)76(71,72)56(58,59)60)61-43(35-75-46-11-6-5-7-12-46)23-26-64-27-24-54(2,69)25-28-64/h5-22,33-34,43,61-62,69-70H,23-32,35-37H2,1-4H3/t43-/m1/s1. The maximum Gasteiger partial charge on any atom is 0.501 e. The summed E-state index contributed by atoms with van der Waals surface area (Å²) < 4.78 is 102. The first-order chi connectivity index (χ1) is 36.4. The molecule has 3 aliphatic rings. The van der Waals surface area contributed by atoms with Crippen LogP contribution in [0.2, 0.25) is 5.02 Å². The number of carbonyl (C=O) groups is 1. The van der Waals surface area contributed by atoms with Gasteiger partial charge >= 0.3 is 5.51 Å². The number of aliphatic hydroxyl groups is 2. The van der Waals surface area contributed by atoms with Gasteiger partial charge in [-0.2, -0.15) is 13.2 Å². The van der Waals surface area contributed by atoms with E-state index in [9.17, 15) is 45.0 Å². The molecule has 4 N–H and O–H groups in total. The molecule has 0 unspecified atom stereocenters. The van der Waals surface area contributed by atoms with Crippen LogP contribution in [0, 0.1) is 6.92 Å². The Bertz CT molecular complexity index is 3320. The highest BCUT2D eigenvalue weighted by atomic mass is 35.5. The summed E-state index contributed by atoms with van der Waals surface area (Å²) >= 11 is 7.75. The fraction of sp³-hybridized carbons (Fsp3) is 0.375. The van der Waals surface area contributed by atoms with E-state index in [1.807, 2.05) is 91.3 Å². The molecule has 77 heavy (non-hydrogen) atoms. The zero-order chi connectivity index (χ0) is 55.1. The summed E-state index contributed by atoms with van der Waals surface area (Å²) in [5, 5.41) is 24.6. The number of β-amino-alcohol motifs (C(OH)–C–C–N with tert-alkyl or cyclic N) is 1. The number of benzene rings is 5. The van der Waals surface area contributed by atoms with E-state index in [0.29, 0.717) is 87.5 Å². The van der Waals surface area contributed by atoms with Crippen molar-refractivity contribution in [2.75, 3.05) is 84.5 Å². The number of hydrogen-bond donors (Lipinski definition) is 4. The lowest BCUT2D eigenvalue weighted by Crippen LogP contribution is -2.61. The molecule has 21 heteroatoms. The molecule has 3 saturated heterocycles. The van der Waals surface area contributed by atoms with Gasteiger partial charge in [-0.25, -0.2) is 16.8 Å². The fourth-order valence-electron chi connectivity index (χ4n) is 10.3. The summed E-state index contributed by atoms with van der Waals surface area (Å²) in [6, 6.07) is 33.8. The van der Waals surface area contributed by atoms with E-state index < -0.39 is 52.4 Å². The summed E-state index contributed by atoms with van der Waals surface area (Å²) in [6.07, 6.45) is 1.55. The highest BCUT2D eigenvalue weighted by Gasteiger charge is 2.49. The highest BCUT2D eigenvalue weighted by Crippen LogP contribution is 2.42. The van der Waals surface area contributed by atoms with Crippen molar-refractivity contribution in [3.8, 4) is 22.4 Å². The van der Waals surface area contributed by atoms with E-state index in [1.54, 1.807) is 43.0 Å². The molecule has 0 radical (unpaired) electrons. The Morgan fingerprint density at radius 1 is 0.766 bits per heavy atom. The van der Waals surface area contributed by atoms with Crippen LogP contribution in [0.15, 0.2) is 136 Å². The lowest BCUT2D eigenvalue weighted by molar-refractivity contribution is -0.0668. The van der Waals surface area contributed by atoms with Crippen molar-refractivity contribution in [1.29, 1.82) is 0 Å². The molecule has 0 bridgehead atoms. The normalized spacial score (nSPS) is 17.5. The Kier molecular flexibility index (Phi) is 16.1. The first-order valence-corrected chi connectivity index (χ1v) is 29.8. The number of piperazine rings is 1. The Hall–Kier alpha value is -5.74. The lowest BCUT2D eigenvalue weighted by Gasteiger charge is -2.44. The van der Waals surface area contributed by atoms with Crippen molar-refractivity contribution in [3.05, 3.63) is 138 Å². The van der Waals surface area contributed by atoms with E-state index in [0.717, 1.165) is 56.5 Å². The van der Waals surface area contributed by atoms with Gasteiger partial charge in [0, 0.05) is 103 Å². The summed E-state index contributed by atoms with van der Waals surface area (Å²) in [5.41, 5.74) is -1.15. The quantitative estimate of drug-likeness (QED) is 0.0640. The smallest absolute Gasteiger partial charge is 0.390 e.